The van der Waals surface area contributed by atoms with Crippen molar-refractivity contribution in [3.05, 3.63) is 200 Å². The van der Waals surface area contributed by atoms with Gasteiger partial charge in [0.2, 0.25) is 0 Å². The number of rotatable bonds is 6. The van der Waals surface area contributed by atoms with E-state index in [0.29, 0.717) is 17.5 Å². The standard InChI is InChI=1S/C51H33N3/c1-3-13-34(14-4-1)38-25-26-41-32-39(27-28-40(41)31-38)37-18-11-19-42(33-37)49-52-50(47-22-10-9-21-44(47)35-15-5-2-6-16-35)54-51(53-49)48-24-12-23-45-43-20-8-7-17-36(43)29-30-46(45)48/h1-33H. The first-order valence-electron chi connectivity index (χ1n) is 18.3. The van der Waals surface area contributed by atoms with Crippen molar-refractivity contribution < 1.29 is 0 Å². The average Bonchev–Trinajstić information content (AvgIpc) is 3.26. The summed E-state index contributed by atoms with van der Waals surface area (Å²) < 4.78 is 0. The Bertz CT molecular complexity index is 2990. The smallest absolute Gasteiger partial charge is 0.164 e. The van der Waals surface area contributed by atoms with Crippen LogP contribution < -0.4 is 0 Å². The first-order valence-corrected chi connectivity index (χ1v) is 18.3. The van der Waals surface area contributed by atoms with Crippen molar-refractivity contribution in [2.75, 3.05) is 0 Å². The number of hydrogen-bond acceptors (Lipinski definition) is 3. The number of fused-ring (bicyclic) bond motifs is 4. The fourth-order valence-corrected chi connectivity index (χ4v) is 7.60. The predicted molar refractivity (Wildman–Crippen MR) is 225 cm³/mol. The van der Waals surface area contributed by atoms with Crippen molar-refractivity contribution in [3.8, 4) is 67.5 Å². The summed E-state index contributed by atoms with van der Waals surface area (Å²) >= 11 is 0. The van der Waals surface area contributed by atoms with Crippen LogP contribution in [0.1, 0.15) is 0 Å². The van der Waals surface area contributed by atoms with Gasteiger partial charge in [0, 0.05) is 16.7 Å². The maximum Gasteiger partial charge on any atom is 0.164 e. The minimum absolute atomic E-state index is 0.630. The second-order valence-corrected chi connectivity index (χ2v) is 13.6. The molecule has 0 aliphatic rings. The zero-order valence-corrected chi connectivity index (χ0v) is 29.4. The summed E-state index contributed by atoms with van der Waals surface area (Å²) in [6, 6.07) is 70.6. The molecule has 0 N–H and O–H groups in total. The monoisotopic (exact) mass is 687 g/mol. The fraction of sp³-hybridized carbons (Fsp3) is 0. The third-order valence-corrected chi connectivity index (χ3v) is 10.3. The van der Waals surface area contributed by atoms with Crippen molar-refractivity contribution in [1.29, 1.82) is 0 Å². The summed E-state index contributed by atoms with van der Waals surface area (Å²) in [7, 11) is 0. The van der Waals surface area contributed by atoms with Crippen LogP contribution in [0.15, 0.2) is 200 Å². The molecule has 0 amide bonds. The van der Waals surface area contributed by atoms with E-state index in [1.807, 2.05) is 6.07 Å². The van der Waals surface area contributed by atoms with Crippen LogP contribution in [0, 0.1) is 0 Å². The molecule has 9 aromatic carbocycles. The second-order valence-electron chi connectivity index (χ2n) is 13.6. The third-order valence-electron chi connectivity index (χ3n) is 10.3. The molecule has 0 spiro atoms. The summed E-state index contributed by atoms with van der Waals surface area (Å²) in [5.41, 5.74) is 9.73. The van der Waals surface area contributed by atoms with E-state index in [2.05, 4.69) is 194 Å². The zero-order valence-electron chi connectivity index (χ0n) is 29.4. The quantitative estimate of drug-likeness (QED) is 0.163. The van der Waals surface area contributed by atoms with Gasteiger partial charge in [-0.3, -0.25) is 0 Å². The molecule has 0 aliphatic heterocycles. The molecule has 3 heteroatoms. The Labute approximate surface area is 313 Å². The summed E-state index contributed by atoms with van der Waals surface area (Å²) in [4.78, 5) is 15.7. The van der Waals surface area contributed by atoms with Gasteiger partial charge >= 0.3 is 0 Å². The van der Waals surface area contributed by atoms with Gasteiger partial charge in [-0.25, -0.2) is 15.0 Å². The summed E-state index contributed by atoms with van der Waals surface area (Å²) in [6.45, 7) is 0. The molecule has 0 unspecified atom stereocenters. The lowest BCUT2D eigenvalue weighted by Crippen LogP contribution is -2.01. The number of hydrogen-bond donors (Lipinski definition) is 0. The Balaban J connectivity index is 1.13. The van der Waals surface area contributed by atoms with Crippen LogP contribution in [0.3, 0.4) is 0 Å². The molecular weight excluding hydrogens is 655 g/mol. The van der Waals surface area contributed by atoms with Gasteiger partial charge in [-0.05, 0) is 83.9 Å². The Morgan fingerprint density at radius 2 is 0.722 bits per heavy atom. The van der Waals surface area contributed by atoms with Crippen molar-refractivity contribution >= 4 is 32.3 Å². The summed E-state index contributed by atoms with van der Waals surface area (Å²) in [6.07, 6.45) is 0. The highest BCUT2D eigenvalue weighted by Gasteiger charge is 2.18. The molecule has 0 aliphatic carbocycles. The maximum absolute atomic E-state index is 5.24. The molecule has 0 saturated heterocycles. The predicted octanol–water partition coefficient (Wildman–Crippen LogP) is 13.3. The molecule has 0 radical (unpaired) electrons. The molecule has 0 bridgehead atoms. The molecule has 252 valence electrons. The van der Waals surface area contributed by atoms with Crippen molar-refractivity contribution in [2.24, 2.45) is 0 Å². The molecule has 1 aromatic heterocycles. The van der Waals surface area contributed by atoms with E-state index in [-0.39, 0.29) is 0 Å². The zero-order chi connectivity index (χ0) is 35.8. The minimum Gasteiger partial charge on any atom is -0.208 e. The number of benzene rings is 9. The van der Waals surface area contributed by atoms with Crippen LogP contribution in [0.25, 0.3) is 99.9 Å². The maximum atomic E-state index is 5.24. The molecule has 10 aromatic rings. The molecule has 0 fully saturated rings. The fourth-order valence-electron chi connectivity index (χ4n) is 7.60. The summed E-state index contributed by atoms with van der Waals surface area (Å²) in [5.74, 6) is 1.91. The van der Waals surface area contributed by atoms with Gasteiger partial charge in [-0.2, -0.15) is 0 Å². The first kappa shape index (κ1) is 31.5. The lowest BCUT2D eigenvalue weighted by molar-refractivity contribution is 1.08. The molecule has 10 rings (SSSR count). The van der Waals surface area contributed by atoms with Gasteiger partial charge in [-0.15, -0.1) is 0 Å². The molecule has 1 heterocycles. The Morgan fingerprint density at radius 1 is 0.222 bits per heavy atom. The SMILES string of the molecule is c1ccc(-c2ccc3cc(-c4cccc(-c5nc(-c6ccccc6-c6ccccc6)nc(-c6cccc7c6ccc6ccccc67)n5)c4)ccc3c2)cc1. The van der Waals surface area contributed by atoms with Gasteiger partial charge in [0.25, 0.3) is 0 Å². The Kier molecular flexibility index (Phi) is 7.81. The van der Waals surface area contributed by atoms with Crippen molar-refractivity contribution in [2.45, 2.75) is 0 Å². The Morgan fingerprint density at radius 3 is 1.50 bits per heavy atom. The number of aromatic nitrogens is 3. The van der Waals surface area contributed by atoms with E-state index < -0.39 is 0 Å². The normalized spacial score (nSPS) is 11.3. The van der Waals surface area contributed by atoms with Crippen molar-refractivity contribution in [3.63, 3.8) is 0 Å². The lowest BCUT2D eigenvalue weighted by Gasteiger charge is -2.14. The van der Waals surface area contributed by atoms with Gasteiger partial charge in [0.1, 0.15) is 0 Å². The number of nitrogens with zero attached hydrogens (tertiary/aromatic N) is 3. The Hall–Kier alpha value is -7.23. The third kappa shape index (κ3) is 5.78. The van der Waals surface area contributed by atoms with Crippen LogP contribution in [0.2, 0.25) is 0 Å². The topological polar surface area (TPSA) is 38.7 Å². The molecule has 54 heavy (non-hydrogen) atoms. The molecule has 3 nitrogen and oxygen atoms in total. The first-order chi connectivity index (χ1) is 26.7. The lowest BCUT2D eigenvalue weighted by atomic mass is 9.96. The largest absolute Gasteiger partial charge is 0.208 e. The van der Waals surface area contributed by atoms with E-state index in [4.69, 9.17) is 15.0 Å². The van der Waals surface area contributed by atoms with Gasteiger partial charge in [-0.1, -0.05) is 182 Å². The summed E-state index contributed by atoms with van der Waals surface area (Å²) in [5, 5.41) is 7.11. The van der Waals surface area contributed by atoms with Crippen molar-refractivity contribution in [1.82, 2.24) is 15.0 Å². The van der Waals surface area contributed by atoms with Crippen LogP contribution in [-0.2, 0) is 0 Å². The van der Waals surface area contributed by atoms with Crippen LogP contribution in [0.5, 0.6) is 0 Å². The highest BCUT2D eigenvalue weighted by atomic mass is 15.0. The van der Waals surface area contributed by atoms with Crippen LogP contribution >= 0.6 is 0 Å². The van der Waals surface area contributed by atoms with Gasteiger partial charge < -0.3 is 0 Å². The molecular formula is C51H33N3. The molecule has 0 saturated carbocycles. The van der Waals surface area contributed by atoms with Gasteiger partial charge in [0.05, 0.1) is 0 Å². The van der Waals surface area contributed by atoms with E-state index in [0.717, 1.165) is 44.3 Å². The minimum atomic E-state index is 0.630. The highest BCUT2D eigenvalue weighted by molar-refractivity contribution is 6.11. The average molecular weight is 688 g/mol. The second kappa shape index (κ2) is 13.4. The highest BCUT2D eigenvalue weighted by Crippen LogP contribution is 2.37. The van der Waals surface area contributed by atoms with Crippen LogP contribution in [0.4, 0.5) is 0 Å². The molecule has 0 atom stereocenters. The van der Waals surface area contributed by atoms with Gasteiger partial charge in [0.15, 0.2) is 17.5 Å². The van der Waals surface area contributed by atoms with Crippen LogP contribution in [-0.4, -0.2) is 15.0 Å². The van der Waals surface area contributed by atoms with E-state index in [1.54, 1.807) is 0 Å². The van der Waals surface area contributed by atoms with E-state index in [9.17, 15) is 0 Å². The van der Waals surface area contributed by atoms with E-state index >= 15 is 0 Å². The van der Waals surface area contributed by atoms with E-state index in [1.165, 1.54) is 38.1 Å².